The highest BCUT2D eigenvalue weighted by atomic mass is 16.1. The average Bonchev–Trinajstić information content (AvgIpc) is 2.14. The molecule has 13 heavy (non-hydrogen) atoms. The van der Waals surface area contributed by atoms with Crippen LogP contribution in [-0.2, 0) is 4.79 Å². The van der Waals surface area contributed by atoms with E-state index >= 15 is 0 Å². The molecule has 0 aliphatic heterocycles. The van der Waals surface area contributed by atoms with Gasteiger partial charge in [-0.25, -0.2) is 0 Å². The summed E-state index contributed by atoms with van der Waals surface area (Å²) < 4.78 is 0. The zero-order valence-electron chi connectivity index (χ0n) is 8.17. The minimum absolute atomic E-state index is 0.380. The van der Waals surface area contributed by atoms with Gasteiger partial charge in [-0.15, -0.1) is 0 Å². The number of Topliss-reactive ketones (excluding diaryl/α,β-unsaturated/α-hetero) is 1. The van der Waals surface area contributed by atoms with Gasteiger partial charge in [-0.2, -0.15) is 0 Å². The van der Waals surface area contributed by atoms with Gasteiger partial charge in [0, 0.05) is 12.3 Å². The van der Waals surface area contributed by atoms with E-state index < -0.39 is 0 Å². The van der Waals surface area contributed by atoms with E-state index in [1.54, 1.807) is 0 Å². The molecule has 72 valence electrons. The van der Waals surface area contributed by atoms with E-state index in [9.17, 15) is 4.79 Å². The molecule has 2 rings (SSSR count). The molecule has 0 spiro atoms. The van der Waals surface area contributed by atoms with E-state index in [4.69, 9.17) is 0 Å². The standard InChI is InChI=1S/C12H18O/c13-12-9-3-1-2-6-10-7-4-5-8-11(10)12/h4,7,10-11H,1-3,5-6,8-9H2/t10-,11+/m0/s1. The molecule has 1 fully saturated rings. The molecular weight excluding hydrogens is 160 g/mol. The van der Waals surface area contributed by atoms with Crippen LogP contribution >= 0.6 is 0 Å². The number of hydrogen-bond donors (Lipinski definition) is 0. The van der Waals surface area contributed by atoms with Crippen LogP contribution in [0.1, 0.15) is 44.9 Å². The first-order valence-electron chi connectivity index (χ1n) is 5.57. The number of fused-ring (bicyclic) bond motifs is 1. The maximum atomic E-state index is 11.8. The molecule has 0 amide bonds. The molecule has 2 aliphatic rings. The first-order valence-corrected chi connectivity index (χ1v) is 5.57. The largest absolute Gasteiger partial charge is 0.299 e. The Kier molecular flexibility index (Phi) is 2.82. The Morgan fingerprint density at radius 3 is 3.00 bits per heavy atom. The quantitative estimate of drug-likeness (QED) is 0.521. The highest BCUT2D eigenvalue weighted by molar-refractivity contribution is 5.81. The van der Waals surface area contributed by atoms with Crippen molar-refractivity contribution in [2.75, 3.05) is 0 Å². The van der Waals surface area contributed by atoms with Crippen molar-refractivity contribution in [3.63, 3.8) is 0 Å². The summed E-state index contributed by atoms with van der Waals surface area (Å²) in [7, 11) is 0. The number of carbonyl (C=O) groups excluding carboxylic acids is 1. The summed E-state index contributed by atoms with van der Waals surface area (Å²) >= 11 is 0. The molecular formula is C12H18O. The van der Waals surface area contributed by atoms with Crippen LogP contribution in [0.3, 0.4) is 0 Å². The van der Waals surface area contributed by atoms with Crippen molar-refractivity contribution in [1.82, 2.24) is 0 Å². The fraction of sp³-hybridized carbons (Fsp3) is 0.750. The van der Waals surface area contributed by atoms with Gasteiger partial charge < -0.3 is 0 Å². The Bertz CT molecular complexity index is 217. The minimum atomic E-state index is 0.380. The van der Waals surface area contributed by atoms with Crippen molar-refractivity contribution in [2.24, 2.45) is 11.8 Å². The highest BCUT2D eigenvalue weighted by Gasteiger charge is 2.28. The van der Waals surface area contributed by atoms with Gasteiger partial charge >= 0.3 is 0 Å². The summed E-state index contributed by atoms with van der Waals surface area (Å²) in [6.45, 7) is 0. The molecule has 0 aromatic carbocycles. The Hall–Kier alpha value is -0.590. The van der Waals surface area contributed by atoms with E-state index in [0.29, 0.717) is 17.6 Å². The third-order valence-corrected chi connectivity index (χ3v) is 3.42. The van der Waals surface area contributed by atoms with Crippen molar-refractivity contribution >= 4 is 5.78 Å². The van der Waals surface area contributed by atoms with Crippen LogP contribution in [0.25, 0.3) is 0 Å². The fourth-order valence-corrected chi connectivity index (χ4v) is 2.63. The van der Waals surface area contributed by atoms with Crippen molar-refractivity contribution in [3.05, 3.63) is 12.2 Å². The summed E-state index contributed by atoms with van der Waals surface area (Å²) in [5.74, 6) is 1.50. The minimum Gasteiger partial charge on any atom is -0.299 e. The average molecular weight is 178 g/mol. The second kappa shape index (κ2) is 4.08. The van der Waals surface area contributed by atoms with E-state index in [2.05, 4.69) is 12.2 Å². The zero-order valence-corrected chi connectivity index (χ0v) is 8.17. The normalized spacial score (nSPS) is 34.9. The molecule has 0 aromatic heterocycles. The van der Waals surface area contributed by atoms with E-state index in [0.717, 1.165) is 25.7 Å². The molecule has 0 heterocycles. The van der Waals surface area contributed by atoms with Gasteiger partial charge in [0.05, 0.1) is 0 Å². The maximum absolute atomic E-state index is 11.8. The van der Waals surface area contributed by atoms with Crippen molar-refractivity contribution in [2.45, 2.75) is 44.9 Å². The van der Waals surface area contributed by atoms with Crippen LogP contribution in [0, 0.1) is 11.8 Å². The Labute approximate surface area is 80.2 Å². The summed E-state index contributed by atoms with van der Waals surface area (Å²) in [6, 6.07) is 0. The summed E-state index contributed by atoms with van der Waals surface area (Å²) in [5.41, 5.74) is 0. The number of allylic oxidation sites excluding steroid dienone is 2. The third kappa shape index (κ3) is 2.01. The van der Waals surface area contributed by atoms with Crippen LogP contribution in [0.4, 0.5) is 0 Å². The van der Waals surface area contributed by atoms with Crippen LogP contribution in [0.15, 0.2) is 12.2 Å². The van der Waals surface area contributed by atoms with E-state index in [-0.39, 0.29) is 0 Å². The lowest BCUT2D eigenvalue weighted by Gasteiger charge is -2.28. The molecule has 0 saturated heterocycles. The lowest BCUT2D eigenvalue weighted by molar-refractivity contribution is -0.124. The van der Waals surface area contributed by atoms with Crippen LogP contribution < -0.4 is 0 Å². The predicted octanol–water partition coefficient (Wildman–Crippen LogP) is 3.10. The molecule has 1 nitrogen and oxygen atoms in total. The molecule has 0 bridgehead atoms. The summed E-state index contributed by atoms with van der Waals surface area (Å²) in [4.78, 5) is 11.8. The van der Waals surface area contributed by atoms with Gasteiger partial charge in [0.1, 0.15) is 5.78 Å². The number of ketones is 1. The number of hydrogen-bond acceptors (Lipinski definition) is 1. The Morgan fingerprint density at radius 1 is 1.15 bits per heavy atom. The van der Waals surface area contributed by atoms with Gasteiger partial charge in [0.15, 0.2) is 0 Å². The zero-order chi connectivity index (χ0) is 9.10. The second-order valence-corrected chi connectivity index (χ2v) is 4.34. The Morgan fingerprint density at radius 2 is 2.08 bits per heavy atom. The Balaban J connectivity index is 2.09. The molecule has 0 unspecified atom stereocenters. The molecule has 2 aliphatic carbocycles. The van der Waals surface area contributed by atoms with Crippen LogP contribution in [0.5, 0.6) is 0 Å². The molecule has 1 heteroatoms. The summed E-state index contributed by atoms with van der Waals surface area (Å²) in [5, 5.41) is 0. The molecule has 1 saturated carbocycles. The van der Waals surface area contributed by atoms with Crippen molar-refractivity contribution in [3.8, 4) is 0 Å². The third-order valence-electron chi connectivity index (χ3n) is 3.42. The fourth-order valence-electron chi connectivity index (χ4n) is 2.63. The lowest BCUT2D eigenvalue weighted by Crippen LogP contribution is -2.26. The maximum Gasteiger partial charge on any atom is 0.136 e. The number of rotatable bonds is 0. The first kappa shape index (κ1) is 8.98. The van der Waals surface area contributed by atoms with Crippen molar-refractivity contribution < 1.29 is 4.79 Å². The SMILES string of the molecule is O=C1CCCCC[C@H]2C=CCC[C@@H]12. The lowest BCUT2D eigenvalue weighted by atomic mass is 9.76. The van der Waals surface area contributed by atoms with Gasteiger partial charge in [-0.05, 0) is 31.6 Å². The summed E-state index contributed by atoms with van der Waals surface area (Å²) in [6.07, 6.45) is 12.6. The molecule has 0 radical (unpaired) electrons. The molecule has 0 aromatic rings. The molecule has 0 N–H and O–H groups in total. The molecule has 2 atom stereocenters. The predicted molar refractivity (Wildman–Crippen MR) is 53.4 cm³/mol. The van der Waals surface area contributed by atoms with Crippen molar-refractivity contribution in [1.29, 1.82) is 0 Å². The highest BCUT2D eigenvalue weighted by Crippen LogP contribution is 2.32. The van der Waals surface area contributed by atoms with E-state index in [1.165, 1.54) is 19.3 Å². The number of carbonyl (C=O) groups is 1. The van der Waals surface area contributed by atoms with Gasteiger partial charge in [-0.1, -0.05) is 25.0 Å². The topological polar surface area (TPSA) is 17.1 Å². The van der Waals surface area contributed by atoms with E-state index in [1.807, 2.05) is 0 Å². The first-order chi connectivity index (χ1) is 6.38. The van der Waals surface area contributed by atoms with Gasteiger partial charge in [0.25, 0.3) is 0 Å². The smallest absolute Gasteiger partial charge is 0.136 e. The second-order valence-electron chi connectivity index (χ2n) is 4.34. The van der Waals surface area contributed by atoms with Crippen LogP contribution in [-0.4, -0.2) is 5.78 Å². The van der Waals surface area contributed by atoms with Crippen LogP contribution in [0.2, 0.25) is 0 Å². The van der Waals surface area contributed by atoms with Gasteiger partial charge in [0.2, 0.25) is 0 Å². The monoisotopic (exact) mass is 178 g/mol. The van der Waals surface area contributed by atoms with Gasteiger partial charge in [-0.3, -0.25) is 4.79 Å².